The summed E-state index contributed by atoms with van der Waals surface area (Å²) in [7, 11) is 0. The third kappa shape index (κ3) is 2.50. The molecule has 2 aromatic heterocycles. The highest BCUT2D eigenvalue weighted by atomic mass is 32.1. The number of anilines is 1. The van der Waals surface area contributed by atoms with Crippen molar-refractivity contribution in [3.05, 3.63) is 35.4 Å². The Morgan fingerprint density at radius 3 is 2.93 bits per heavy atom. The average molecular weight is 220 g/mol. The lowest BCUT2D eigenvalue weighted by atomic mass is 10.2. The van der Waals surface area contributed by atoms with E-state index in [0.717, 1.165) is 23.2 Å². The zero-order valence-corrected chi connectivity index (χ0v) is 9.51. The van der Waals surface area contributed by atoms with Gasteiger partial charge in [0.1, 0.15) is 5.82 Å². The van der Waals surface area contributed by atoms with Crippen LogP contribution in [0.4, 0.5) is 5.13 Å². The summed E-state index contributed by atoms with van der Waals surface area (Å²) in [6, 6.07) is 4.00. The van der Waals surface area contributed by atoms with Gasteiger partial charge in [0.15, 0.2) is 0 Å². The fourth-order valence-corrected chi connectivity index (χ4v) is 1.81. The molecule has 0 spiro atoms. The van der Waals surface area contributed by atoms with E-state index in [9.17, 15) is 0 Å². The van der Waals surface area contributed by atoms with Crippen LogP contribution in [0.15, 0.2) is 18.3 Å². The first-order chi connectivity index (χ1) is 7.25. The second-order valence-corrected chi connectivity index (χ2v) is 4.00. The molecule has 2 aromatic rings. The van der Waals surface area contributed by atoms with Crippen LogP contribution in [-0.2, 0) is 6.54 Å². The van der Waals surface area contributed by atoms with Gasteiger partial charge in [-0.15, -0.1) is 0 Å². The van der Waals surface area contributed by atoms with Crippen molar-refractivity contribution < 1.29 is 0 Å². The minimum absolute atomic E-state index is 0.744. The van der Waals surface area contributed by atoms with Gasteiger partial charge >= 0.3 is 0 Å². The molecule has 0 fully saturated rings. The summed E-state index contributed by atoms with van der Waals surface area (Å²) in [5.41, 5.74) is 2.23. The Labute approximate surface area is 92.6 Å². The molecular formula is C10H12N4S. The molecule has 0 aromatic carbocycles. The molecule has 0 aliphatic carbocycles. The lowest BCUT2D eigenvalue weighted by Crippen LogP contribution is -2.01. The Balaban J connectivity index is 2.02. The van der Waals surface area contributed by atoms with Gasteiger partial charge < -0.3 is 5.32 Å². The van der Waals surface area contributed by atoms with Crippen LogP contribution in [0, 0.1) is 13.8 Å². The van der Waals surface area contributed by atoms with Gasteiger partial charge in [-0.2, -0.15) is 4.37 Å². The highest BCUT2D eigenvalue weighted by molar-refractivity contribution is 7.09. The number of hydrogen-bond donors (Lipinski definition) is 1. The molecule has 5 heteroatoms. The first-order valence-corrected chi connectivity index (χ1v) is 5.48. The van der Waals surface area contributed by atoms with E-state index in [2.05, 4.69) is 25.7 Å². The van der Waals surface area contributed by atoms with Crippen LogP contribution in [0.25, 0.3) is 0 Å². The van der Waals surface area contributed by atoms with Crippen molar-refractivity contribution in [3.8, 4) is 0 Å². The number of aryl methyl sites for hydroxylation is 2. The molecule has 0 atom stereocenters. The van der Waals surface area contributed by atoms with Crippen LogP contribution in [0.3, 0.4) is 0 Å². The standard InChI is InChI=1S/C10H12N4S/c1-7-9(4-3-5-11-7)6-12-10-13-8(2)14-15-10/h3-5H,6H2,1-2H3,(H,12,13,14). The van der Waals surface area contributed by atoms with E-state index in [1.54, 1.807) is 6.20 Å². The van der Waals surface area contributed by atoms with Crippen molar-refractivity contribution in [1.29, 1.82) is 0 Å². The Kier molecular flexibility index (Phi) is 2.91. The van der Waals surface area contributed by atoms with E-state index < -0.39 is 0 Å². The molecule has 0 saturated carbocycles. The van der Waals surface area contributed by atoms with E-state index in [1.807, 2.05) is 19.9 Å². The lowest BCUT2D eigenvalue weighted by Gasteiger charge is -2.04. The smallest absolute Gasteiger partial charge is 0.202 e. The molecule has 2 rings (SSSR count). The molecule has 0 saturated heterocycles. The second kappa shape index (κ2) is 4.35. The highest BCUT2D eigenvalue weighted by Crippen LogP contribution is 2.12. The van der Waals surface area contributed by atoms with Gasteiger partial charge in [-0.1, -0.05) is 6.07 Å². The topological polar surface area (TPSA) is 50.7 Å². The molecule has 0 aliphatic heterocycles. The minimum atomic E-state index is 0.744. The summed E-state index contributed by atoms with van der Waals surface area (Å²) < 4.78 is 4.10. The van der Waals surface area contributed by atoms with E-state index in [0.29, 0.717) is 0 Å². The van der Waals surface area contributed by atoms with E-state index in [4.69, 9.17) is 0 Å². The maximum Gasteiger partial charge on any atom is 0.202 e. The first kappa shape index (κ1) is 10.0. The van der Waals surface area contributed by atoms with Crippen LogP contribution in [0.1, 0.15) is 17.1 Å². The van der Waals surface area contributed by atoms with Crippen molar-refractivity contribution >= 4 is 16.7 Å². The van der Waals surface area contributed by atoms with E-state index >= 15 is 0 Å². The van der Waals surface area contributed by atoms with Crippen LogP contribution in [0.2, 0.25) is 0 Å². The molecule has 0 bridgehead atoms. The van der Waals surface area contributed by atoms with Crippen molar-refractivity contribution in [2.45, 2.75) is 20.4 Å². The predicted molar refractivity (Wildman–Crippen MR) is 60.9 cm³/mol. The molecule has 78 valence electrons. The number of aromatic nitrogens is 3. The first-order valence-electron chi connectivity index (χ1n) is 4.70. The SMILES string of the molecule is Cc1nsc(NCc2cccnc2C)n1. The molecule has 1 N–H and O–H groups in total. The lowest BCUT2D eigenvalue weighted by molar-refractivity contribution is 1.04. The maximum atomic E-state index is 4.23. The van der Waals surface area contributed by atoms with Crippen LogP contribution in [-0.4, -0.2) is 14.3 Å². The Bertz CT molecular complexity index is 452. The fourth-order valence-electron chi connectivity index (χ4n) is 1.24. The summed E-state index contributed by atoms with van der Waals surface area (Å²) in [5.74, 6) is 0.811. The van der Waals surface area contributed by atoms with E-state index in [-0.39, 0.29) is 0 Å². The van der Waals surface area contributed by atoms with Crippen molar-refractivity contribution in [1.82, 2.24) is 14.3 Å². The van der Waals surface area contributed by atoms with Crippen LogP contribution < -0.4 is 5.32 Å². The van der Waals surface area contributed by atoms with Crippen LogP contribution >= 0.6 is 11.5 Å². The number of nitrogens with one attached hydrogen (secondary N) is 1. The Hall–Kier alpha value is -1.49. The highest BCUT2D eigenvalue weighted by Gasteiger charge is 2.01. The third-order valence-electron chi connectivity index (χ3n) is 2.07. The summed E-state index contributed by atoms with van der Waals surface area (Å²) in [5, 5.41) is 4.08. The normalized spacial score (nSPS) is 10.3. The molecule has 0 radical (unpaired) electrons. The molecular weight excluding hydrogens is 208 g/mol. The average Bonchev–Trinajstić information content (AvgIpc) is 2.63. The van der Waals surface area contributed by atoms with Gasteiger partial charge in [-0.25, -0.2) is 4.98 Å². The van der Waals surface area contributed by atoms with Gasteiger partial charge in [0.2, 0.25) is 5.13 Å². The second-order valence-electron chi connectivity index (χ2n) is 3.25. The number of hydrogen-bond acceptors (Lipinski definition) is 5. The number of rotatable bonds is 3. The zero-order chi connectivity index (χ0) is 10.7. The Morgan fingerprint density at radius 1 is 1.40 bits per heavy atom. The molecule has 0 amide bonds. The minimum Gasteiger partial charge on any atom is -0.356 e. The summed E-state index contributed by atoms with van der Waals surface area (Å²) in [6.45, 7) is 4.63. The van der Waals surface area contributed by atoms with Gasteiger partial charge in [-0.3, -0.25) is 4.98 Å². The van der Waals surface area contributed by atoms with Gasteiger partial charge in [0.25, 0.3) is 0 Å². The van der Waals surface area contributed by atoms with Crippen molar-refractivity contribution in [3.63, 3.8) is 0 Å². The van der Waals surface area contributed by atoms with E-state index in [1.165, 1.54) is 17.1 Å². The van der Waals surface area contributed by atoms with Crippen molar-refractivity contribution in [2.75, 3.05) is 5.32 Å². The van der Waals surface area contributed by atoms with Gasteiger partial charge in [0.05, 0.1) is 0 Å². The number of nitrogens with zero attached hydrogens (tertiary/aromatic N) is 3. The molecule has 0 unspecified atom stereocenters. The van der Waals surface area contributed by atoms with Crippen LogP contribution in [0.5, 0.6) is 0 Å². The monoisotopic (exact) mass is 220 g/mol. The molecule has 2 heterocycles. The van der Waals surface area contributed by atoms with Gasteiger partial charge in [0, 0.05) is 30.0 Å². The largest absolute Gasteiger partial charge is 0.356 e. The Morgan fingerprint density at radius 2 is 2.27 bits per heavy atom. The van der Waals surface area contributed by atoms with Gasteiger partial charge in [-0.05, 0) is 25.5 Å². The van der Waals surface area contributed by atoms with Crippen molar-refractivity contribution in [2.24, 2.45) is 0 Å². The molecule has 0 aliphatic rings. The third-order valence-corrected chi connectivity index (χ3v) is 2.84. The molecule has 4 nitrogen and oxygen atoms in total. The quantitative estimate of drug-likeness (QED) is 0.861. The number of pyridine rings is 1. The zero-order valence-electron chi connectivity index (χ0n) is 8.69. The predicted octanol–water partition coefficient (Wildman–Crippen LogP) is 2.16. The molecule has 15 heavy (non-hydrogen) atoms. The fraction of sp³-hybridized carbons (Fsp3) is 0.300. The maximum absolute atomic E-state index is 4.23. The summed E-state index contributed by atoms with van der Waals surface area (Å²) in [6.07, 6.45) is 1.80. The summed E-state index contributed by atoms with van der Waals surface area (Å²) in [4.78, 5) is 8.46. The summed E-state index contributed by atoms with van der Waals surface area (Å²) >= 11 is 1.38.